The quantitative estimate of drug-likeness (QED) is 0.432. The number of aliphatic hydroxyl groups is 2. The summed E-state index contributed by atoms with van der Waals surface area (Å²) in [7, 11) is 0. The molecule has 8 nitrogen and oxygen atoms in total. The molecule has 36 heavy (non-hydrogen) atoms. The predicted octanol–water partition coefficient (Wildman–Crippen LogP) is 2.20. The minimum atomic E-state index is -0.937. The van der Waals surface area contributed by atoms with Gasteiger partial charge in [-0.2, -0.15) is 0 Å². The lowest BCUT2D eigenvalue weighted by Gasteiger charge is -2.65. The third-order valence-electron chi connectivity index (χ3n) is 11.8. The number of nitrogens with zero attached hydrogens (tertiary/aromatic N) is 1. The van der Waals surface area contributed by atoms with Crippen molar-refractivity contribution in [1.82, 2.24) is 15.5 Å². The van der Waals surface area contributed by atoms with E-state index in [0.717, 1.165) is 70.3 Å². The van der Waals surface area contributed by atoms with Crippen molar-refractivity contribution < 1.29 is 24.5 Å². The number of piperazine rings is 1. The summed E-state index contributed by atoms with van der Waals surface area (Å²) < 4.78 is 5.21. The van der Waals surface area contributed by atoms with Crippen LogP contribution in [0, 0.1) is 34.5 Å². The highest BCUT2D eigenvalue weighted by molar-refractivity contribution is 5.85. The summed E-state index contributed by atoms with van der Waals surface area (Å²) in [5.41, 5.74) is -0.600. The summed E-state index contributed by atoms with van der Waals surface area (Å²) in [5, 5.41) is 30.7. The lowest BCUT2D eigenvalue weighted by atomic mass is 9.42. The molecule has 4 aliphatic carbocycles. The van der Waals surface area contributed by atoms with Crippen LogP contribution in [0.3, 0.4) is 0 Å². The number of ether oxygens (including phenoxy) is 1. The molecule has 0 spiro atoms. The number of rotatable bonds is 2. The fourth-order valence-electron chi connectivity index (χ4n) is 9.65. The van der Waals surface area contributed by atoms with E-state index in [9.17, 15) is 19.8 Å². The van der Waals surface area contributed by atoms with Gasteiger partial charge in [0.05, 0.1) is 11.7 Å². The number of cyclic esters (lactones) is 1. The van der Waals surface area contributed by atoms with Crippen molar-refractivity contribution in [2.45, 2.75) is 83.0 Å². The van der Waals surface area contributed by atoms with Gasteiger partial charge < -0.3 is 30.5 Å². The van der Waals surface area contributed by atoms with Crippen molar-refractivity contribution in [3.8, 4) is 0 Å². The highest BCUT2D eigenvalue weighted by Gasteiger charge is 2.70. The number of aliphatic hydroxyl groups excluding tert-OH is 1. The Morgan fingerprint density at radius 1 is 1.11 bits per heavy atom. The van der Waals surface area contributed by atoms with E-state index < -0.39 is 17.1 Å². The molecule has 9 atom stereocenters. The van der Waals surface area contributed by atoms with Crippen molar-refractivity contribution in [2.75, 3.05) is 32.8 Å². The first-order valence-corrected chi connectivity index (χ1v) is 14.2. The summed E-state index contributed by atoms with van der Waals surface area (Å²) in [6.45, 7) is 7.97. The lowest BCUT2D eigenvalue weighted by Crippen LogP contribution is -2.67. The van der Waals surface area contributed by atoms with Gasteiger partial charge in [0, 0.05) is 43.7 Å². The van der Waals surface area contributed by atoms with Gasteiger partial charge in [0.1, 0.15) is 6.61 Å². The average molecular weight is 502 g/mol. The molecule has 1 unspecified atom stereocenters. The fraction of sp³-hybridized carbons (Fsp3) is 0.857. The minimum Gasteiger partial charge on any atom is -0.458 e. The number of amides is 2. The van der Waals surface area contributed by atoms with Crippen molar-refractivity contribution >= 4 is 12.0 Å². The van der Waals surface area contributed by atoms with Gasteiger partial charge in [-0.3, -0.25) is 0 Å². The smallest absolute Gasteiger partial charge is 0.331 e. The maximum absolute atomic E-state index is 12.8. The molecule has 5 fully saturated rings. The number of nitrogens with one attached hydrogen (secondary N) is 2. The second-order valence-corrected chi connectivity index (χ2v) is 13.0. The van der Waals surface area contributed by atoms with E-state index >= 15 is 0 Å². The van der Waals surface area contributed by atoms with Crippen molar-refractivity contribution in [2.24, 2.45) is 34.5 Å². The number of hydrogen-bond acceptors (Lipinski definition) is 6. The zero-order valence-electron chi connectivity index (χ0n) is 21.8. The van der Waals surface area contributed by atoms with Crippen LogP contribution in [-0.4, -0.2) is 77.6 Å². The Bertz CT molecular complexity index is 949. The summed E-state index contributed by atoms with van der Waals surface area (Å²) in [4.78, 5) is 26.5. The molecule has 0 aromatic rings. The number of carbonyl (C=O) groups excluding carboxylic acids is 2. The van der Waals surface area contributed by atoms with Gasteiger partial charge in [0.2, 0.25) is 0 Å². The third-order valence-corrected chi connectivity index (χ3v) is 11.8. The zero-order valence-corrected chi connectivity index (χ0v) is 21.8. The molecule has 2 heterocycles. The Balaban J connectivity index is 1.19. The number of urea groups is 1. The molecule has 2 amide bonds. The highest BCUT2D eigenvalue weighted by Crippen LogP contribution is 2.69. The molecule has 6 aliphatic rings. The number of fused-ring (bicyclic) bond motifs is 5. The normalized spacial score (nSPS) is 48.4. The van der Waals surface area contributed by atoms with E-state index in [1.807, 2.05) is 4.90 Å². The van der Waals surface area contributed by atoms with Crippen LogP contribution >= 0.6 is 0 Å². The Labute approximate surface area is 214 Å². The molecular weight excluding hydrogens is 458 g/mol. The Kier molecular flexibility index (Phi) is 5.97. The van der Waals surface area contributed by atoms with E-state index in [1.54, 1.807) is 6.08 Å². The lowest BCUT2D eigenvalue weighted by molar-refractivity contribution is -0.242. The van der Waals surface area contributed by atoms with Gasteiger partial charge >= 0.3 is 12.0 Å². The number of hydrogen-bond donors (Lipinski definition) is 4. The molecule has 6 rings (SSSR count). The molecule has 0 bridgehead atoms. The maximum Gasteiger partial charge on any atom is 0.331 e. The predicted molar refractivity (Wildman–Crippen MR) is 134 cm³/mol. The summed E-state index contributed by atoms with van der Waals surface area (Å²) in [6, 6.07) is 0.268. The van der Waals surface area contributed by atoms with Crippen LogP contribution < -0.4 is 10.6 Å². The molecule has 200 valence electrons. The summed E-state index contributed by atoms with van der Waals surface area (Å²) in [6.07, 6.45) is 8.10. The van der Waals surface area contributed by atoms with E-state index in [4.69, 9.17) is 4.74 Å². The van der Waals surface area contributed by atoms with Gasteiger partial charge in [0.15, 0.2) is 0 Å². The van der Waals surface area contributed by atoms with Crippen molar-refractivity contribution in [3.05, 3.63) is 11.6 Å². The largest absolute Gasteiger partial charge is 0.458 e. The first kappa shape index (κ1) is 24.7. The highest BCUT2D eigenvalue weighted by atomic mass is 16.5. The SMILES string of the molecule is C[C@]12CCC(NC(=O)N3CCNCC3)C[C@H]1CC[C@@H]1[C@@H]2C[C@@H](O)[C@]2(C)[C@@H](C3=CC(=O)OC3)CC[C@]12O. The van der Waals surface area contributed by atoms with Crippen LogP contribution in [0.15, 0.2) is 11.6 Å². The maximum atomic E-state index is 12.8. The monoisotopic (exact) mass is 501 g/mol. The molecule has 4 saturated carbocycles. The first-order valence-electron chi connectivity index (χ1n) is 14.2. The van der Waals surface area contributed by atoms with Crippen LogP contribution in [0.2, 0.25) is 0 Å². The summed E-state index contributed by atoms with van der Waals surface area (Å²) >= 11 is 0. The molecule has 1 saturated heterocycles. The van der Waals surface area contributed by atoms with Gasteiger partial charge in [-0.1, -0.05) is 13.8 Å². The van der Waals surface area contributed by atoms with Crippen molar-refractivity contribution in [3.63, 3.8) is 0 Å². The van der Waals surface area contributed by atoms with Gasteiger partial charge in [-0.15, -0.1) is 0 Å². The second kappa shape index (κ2) is 8.70. The van der Waals surface area contributed by atoms with Gasteiger partial charge in [0.25, 0.3) is 0 Å². The summed E-state index contributed by atoms with van der Waals surface area (Å²) in [5.74, 6) is 0.584. The molecular formula is C28H43N3O5. The molecule has 8 heteroatoms. The van der Waals surface area contributed by atoms with E-state index in [-0.39, 0.29) is 47.8 Å². The fourth-order valence-corrected chi connectivity index (χ4v) is 9.65. The van der Waals surface area contributed by atoms with E-state index in [0.29, 0.717) is 18.8 Å². The first-order chi connectivity index (χ1) is 17.2. The van der Waals surface area contributed by atoms with Crippen LogP contribution in [0.4, 0.5) is 4.79 Å². The second-order valence-electron chi connectivity index (χ2n) is 13.0. The molecule has 2 aliphatic heterocycles. The van der Waals surface area contributed by atoms with Crippen molar-refractivity contribution in [1.29, 1.82) is 0 Å². The minimum absolute atomic E-state index is 0.0219. The molecule has 0 radical (unpaired) electrons. The number of carbonyl (C=O) groups is 2. The zero-order chi connectivity index (χ0) is 25.3. The van der Waals surface area contributed by atoms with Crippen LogP contribution in [0.1, 0.15) is 65.2 Å². The number of esters is 1. The molecule has 0 aromatic carbocycles. The topological polar surface area (TPSA) is 111 Å². The average Bonchev–Trinajstić information content (AvgIpc) is 3.41. The van der Waals surface area contributed by atoms with Gasteiger partial charge in [-0.05, 0) is 86.0 Å². The molecule has 0 aromatic heterocycles. The van der Waals surface area contributed by atoms with Gasteiger partial charge in [-0.25, -0.2) is 9.59 Å². The van der Waals surface area contributed by atoms with E-state index in [2.05, 4.69) is 24.5 Å². The third kappa shape index (κ3) is 3.50. The van der Waals surface area contributed by atoms with Crippen LogP contribution in [-0.2, 0) is 9.53 Å². The standard InChI is InChI=1S/C28H43N3O5/c1-26-7-5-19(30-25(34)31-11-9-29-10-12-31)14-18(26)3-4-21-22(26)15-23(32)27(2)20(6-8-28(21,27)35)17-13-24(33)36-16-17/h13,18-23,29,32,35H,3-12,14-16H2,1-2H3,(H,30,34)/t18-,19?,20-,21-,22+,23-,26+,27+,28+/m1/s1. The van der Waals surface area contributed by atoms with Crippen LogP contribution in [0.5, 0.6) is 0 Å². The Hall–Kier alpha value is -1.64. The molecule has 4 N–H and O–H groups in total. The Morgan fingerprint density at radius 2 is 1.89 bits per heavy atom. The van der Waals surface area contributed by atoms with Crippen LogP contribution in [0.25, 0.3) is 0 Å². The van der Waals surface area contributed by atoms with E-state index in [1.165, 1.54) is 0 Å². The Morgan fingerprint density at radius 3 is 2.61 bits per heavy atom.